The van der Waals surface area contributed by atoms with E-state index in [1.54, 1.807) is 11.8 Å². The van der Waals surface area contributed by atoms with E-state index in [9.17, 15) is 4.79 Å². The van der Waals surface area contributed by atoms with Gasteiger partial charge in [-0.05, 0) is 40.3 Å². The van der Waals surface area contributed by atoms with Crippen LogP contribution in [0.25, 0.3) is 10.9 Å². The summed E-state index contributed by atoms with van der Waals surface area (Å²) < 4.78 is 12.7. The number of hydrogen-bond acceptors (Lipinski definition) is 7. The van der Waals surface area contributed by atoms with Crippen molar-refractivity contribution in [2.45, 2.75) is 12.6 Å². The lowest BCUT2D eigenvalue weighted by Crippen LogP contribution is -2.42. The Balaban J connectivity index is 1.62. The Morgan fingerprint density at radius 3 is 2.72 bits per heavy atom. The predicted molar refractivity (Wildman–Crippen MR) is 119 cm³/mol. The molecule has 2 aromatic heterocycles. The molecule has 1 fully saturated rings. The zero-order valence-corrected chi connectivity index (χ0v) is 17.8. The summed E-state index contributed by atoms with van der Waals surface area (Å²) in [6.45, 7) is 3.06. The van der Waals surface area contributed by atoms with Gasteiger partial charge in [-0.1, -0.05) is 30.3 Å². The molecule has 9 nitrogen and oxygen atoms in total. The first-order valence-corrected chi connectivity index (χ1v) is 10.6. The van der Waals surface area contributed by atoms with Crippen LogP contribution in [-0.4, -0.2) is 63.5 Å². The molecule has 1 saturated heterocycles. The van der Waals surface area contributed by atoms with Gasteiger partial charge in [0.1, 0.15) is 11.8 Å². The molecule has 0 radical (unpaired) electrons. The molecule has 1 atom stereocenters. The van der Waals surface area contributed by atoms with Crippen molar-refractivity contribution >= 4 is 10.9 Å². The van der Waals surface area contributed by atoms with Gasteiger partial charge in [0.05, 0.1) is 26.9 Å². The van der Waals surface area contributed by atoms with E-state index in [2.05, 4.69) is 25.4 Å². The number of nitrogens with zero attached hydrogens (tertiary/aromatic N) is 5. The van der Waals surface area contributed by atoms with Gasteiger partial charge in [-0.2, -0.15) is 0 Å². The molecular formula is C23H24N6O3. The van der Waals surface area contributed by atoms with Crippen LogP contribution in [0.15, 0.2) is 59.4 Å². The Morgan fingerprint density at radius 2 is 1.94 bits per heavy atom. The summed E-state index contributed by atoms with van der Waals surface area (Å²) in [5.41, 5.74) is 2.27. The number of aromatic amines is 1. The third kappa shape index (κ3) is 4.00. The van der Waals surface area contributed by atoms with Gasteiger partial charge < -0.3 is 14.5 Å². The second-order valence-corrected chi connectivity index (χ2v) is 7.74. The third-order valence-electron chi connectivity index (χ3n) is 5.76. The largest absolute Gasteiger partial charge is 0.497 e. The van der Waals surface area contributed by atoms with E-state index < -0.39 is 6.04 Å². The minimum atomic E-state index is -0.406. The number of H-pyrrole nitrogens is 1. The minimum absolute atomic E-state index is 0.159. The molecule has 1 unspecified atom stereocenters. The molecule has 0 bridgehead atoms. The Morgan fingerprint density at radius 1 is 1.12 bits per heavy atom. The van der Waals surface area contributed by atoms with Crippen LogP contribution in [0.1, 0.15) is 23.0 Å². The van der Waals surface area contributed by atoms with Crippen LogP contribution in [0.4, 0.5) is 0 Å². The minimum Gasteiger partial charge on any atom is -0.497 e. The first-order chi connectivity index (χ1) is 15.7. The van der Waals surface area contributed by atoms with Gasteiger partial charge in [0.15, 0.2) is 5.82 Å². The Hall–Kier alpha value is -3.56. The molecule has 2 aromatic carbocycles. The van der Waals surface area contributed by atoms with Crippen LogP contribution in [0.2, 0.25) is 0 Å². The Labute approximate surface area is 184 Å². The van der Waals surface area contributed by atoms with E-state index in [1.165, 1.54) is 0 Å². The number of nitrogens with one attached hydrogen (secondary N) is 1. The maximum Gasteiger partial charge on any atom is 0.253 e. The van der Waals surface area contributed by atoms with E-state index >= 15 is 0 Å². The van der Waals surface area contributed by atoms with E-state index in [-0.39, 0.29) is 5.56 Å². The van der Waals surface area contributed by atoms with Gasteiger partial charge in [0.2, 0.25) is 0 Å². The SMILES string of the molecule is COc1ccc2[nH]c(=O)c(C(c3nnnn3Cc3ccccc3)N3CCOCC3)cc2c1. The fraction of sp³-hybridized carbons (Fsp3) is 0.304. The maximum atomic E-state index is 13.2. The molecule has 1 aliphatic heterocycles. The smallest absolute Gasteiger partial charge is 0.253 e. The molecule has 0 aliphatic carbocycles. The fourth-order valence-corrected chi connectivity index (χ4v) is 4.14. The molecule has 5 rings (SSSR count). The number of tetrazole rings is 1. The lowest BCUT2D eigenvalue weighted by Gasteiger charge is -2.33. The maximum absolute atomic E-state index is 13.2. The lowest BCUT2D eigenvalue weighted by molar-refractivity contribution is 0.0214. The number of pyridine rings is 1. The number of rotatable bonds is 6. The van der Waals surface area contributed by atoms with Gasteiger partial charge in [-0.15, -0.1) is 5.10 Å². The van der Waals surface area contributed by atoms with Gasteiger partial charge in [0, 0.05) is 29.6 Å². The molecule has 3 heterocycles. The van der Waals surface area contributed by atoms with Gasteiger partial charge in [0.25, 0.3) is 5.56 Å². The van der Waals surface area contributed by atoms with Gasteiger partial charge >= 0.3 is 0 Å². The average molecular weight is 432 g/mol. The number of hydrogen-bond donors (Lipinski definition) is 1. The van der Waals surface area contributed by atoms with E-state index in [4.69, 9.17) is 9.47 Å². The third-order valence-corrected chi connectivity index (χ3v) is 5.76. The van der Waals surface area contributed by atoms with E-state index in [1.807, 2.05) is 54.6 Å². The van der Waals surface area contributed by atoms with Crippen LogP contribution >= 0.6 is 0 Å². The summed E-state index contributed by atoms with van der Waals surface area (Å²) in [6, 6.07) is 17.1. The molecule has 1 N–H and O–H groups in total. The standard InChI is InChI=1S/C23H24N6O3/c1-31-18-7-8-20-17(13-18)14-19(23(30)24-20)21(28-9-11-32-12-10-28)22-25-26-27-29(22)15-16-5-3-2-4-6-16/h2-8,13-14,21H,9-12,15H2,1H3,(H,24,30). The monoisotopic (exact) mass is 432 g/mol. The number of benzene rings is 2. The number of ether oxygens (including phenoxy) is 2. The van der Waals surface area contributed by atoms with Gasteiger partial charge in [-0.3, -0.25) is 9.69 Å². The summed E-state index contributed by atoms with van der Waals surface area (Å²) >= 11 is 0. The summed E-state index contributed by atoms with van der Waals surface area (Å²) in [5, 5.41) is 13.4. The molecule has 1 aliphatic rings. The number of fused-ring (bicyclic) bond motifs is 1. The molecule has 0 spiro atoms. The quantitative estimate of drug-likeness (QED) is 0.498. The van der Waals surface area contributed by atoms with Crippen molar-refractivity contribution in [3.63, 3.8) is 0 Å². The second kappa shape index (κ2) is 8.89. The summed E-state index contributed by atoms with van der Waals surface area (Å²) in [6.07, 6.45) is 0. The predicted octanol–water partition coefficient (Wildman–Crippen LogP) is 1.99. The van der Waals surface area contributed by atoms with E-state index in [0.29, 0.717) is 44.2 Å². The molecule has 9 heteroatoms. The first kappa shape index (κ1) is 20.3. The topological polar surface area (TPSA) is 98.2 Å². The molecule has 4 aromatic rings. The van der Waals surface area contributed by atoms with Crippen LogP contribution in [0, 0.1) is 0 Å². The second-order valence-electron chi connectivity index (χ2n) is 7.74. The average Bonchev–Trinajstić information content (AvgIpc) is 3.28. The van der Waals surface area contributed by atoms with E-state index in [0.717, 1.165) is 22.2 Å². The molecular weight excluding hydrogens is 408 g/mol. The zero-order valence-electron chi connectivity index (χ0n) is 17.8. The summed E-state index contributed by atoms with van der Waals surface area (Å²) in [5.74, 6) is 1.36. The van der Waals surface area contributed by atoms with Crippen LogP contribution < -0.4 is 10.3 Å². The molecule has 164 valence electrons. The lowest BCUT2D eigenvalue weighted by atomic mass is 10.0. The Kier molecular flexibility index (Phi) is 5.66. The molecule has 32 heavy (non-hydrogen) atoms. The van der Waals surface area contributed by atoms with Crippen molar-refractivity contribution < 1.29 is 9.47 Å². The normalized spacial score (nSPS) is 15.7. The number of morpholine rings is 1. The molecule has 0 amide bonds. The number of aromatic nitrogens is 5. The highest BCUT2D eigenvalue weighted by atomic mass is 16.5. The van der Waals surface area contributed by atoms with Crippen LogP contribution in [0.5, 0.6) is 5.75 Å². The summed E-state index contributed by atoms with van der Waals surface area (Å²) in [7, 11) is 1.63. The Bertz CT molecular complexity index is 1260. The fourth-order valence-electron chi connectivity index (χ4n) is 4.14. The molecule has 0 saturated carbocycles. The highest BCUT2D eigenvalue weighted by Crippen LogP contribution is 2.28. The van der Waals surface area contributed by atoms with Crippen LogP contribution in [-0.2, 0) is 11.3 Å². The van der Waals surface area contributed by atoms with Gasteiger partial charge in [-0.25, -0.2) is 4.68 Å². The van der Waals surface area contributed by atoms with Crippen LogP contribution in [0.3, 0.4) is 0 Å². The van der Waals surface area contributed by atoms with Crippen molar-refractivity contribution in [1.29, 1.82) is 0 Å². The van der Waals surface area contributed by atoms with Crippen molar-refractivity contribution in [1.82, 2.24) is 30.1 Å². The van der Waals surface area contributed by atoms with Crippen molar-refractivity contribution in [2.75, 3.05) is 33.4 Å². The zero-order chi connectivity index (χ0) is 21.9. The van der Waals surface area contributed by atoms with Crippen molar-refractivity contribution in [3.8, 4) is 5.75 Å². The number of methoxy groups -OCH3 is 1. The first-order valence-electron chi connectivity index (χ1n) is 10.6. The van der Waals surface area contributed by atoms with Crippen molar-refractivity contribution in [2.24, 2.45) is 0 Å². The highest BCUT2D eigenvalue weighted by molar-refractivity contribution is 5.80. The van der Waals surface area contributed by atoms with Crippen molar-refractivity contribution in [3.05, 3.63) is 81.9 Å². The highest BCUT2D eigenvalue weighted by Gasteiger charge is 2.31. The summed E-state index contributed by atoms with van der Waals surface area (Å²) in [4.78, 5) is 18.4.